The highest BCUT2D eigenvalue weighted by molar-refractivity contribution is 7.07. The van der Waals surface area contributed by atoms with Gasteiger partial charge in [-0.15, -0.1) is 11.3 Å². The fourth-order valence-corrected chi connectivity index (χ4v) is 3.45. The lowest BCUT2D eigenvalue weighted by atomic mass is 10.0. The molecule has 7 nitrogen and oxygen atoms in total. The van der Waals surface area contributed by atoms with Crippen LogP contribution in [0.15, 0.2) is 29.5 Å². The molecule has 1 amide bonds. The Hall–Kier alpha value is -2.06. The van der Waals surface area contributed by atoms with E-state index in [0.717, 1.165) is 25.5 Å². The van der Waals surface area contributed by atoms with Crippen LogP contribution in [0.1, 0.15) is 10.5 Å². The van der Waals surface area contributed by atoms with Gasteiger partial charge in [0.1, 0.15) is 17.8 Å². The Labute approximate surface area is 139 Å². The van der Waals surface area contributed by atoms with Crippen LogP contribution in [-0.2, 0) is 0 Å². The summed E-state index contributed by atoms with van der Waals surface area (Å²) in [6.07, 6.45) is 3.29. The molecule has 0 aromatic carbocycles. The molecule has 1 aliphatic rings. The number of rotatable bonds is 5. The van der Waals surface area contributed by atoms with Crippen LogP contribution in [0.25, 0.3) is 0 Å². The molecule has 0 saturated carbocycles. The molecular formula is C15H20N6OS. The minimum Gasteiger partial charge on any atom is -0.354 e. The zero-order valence-electron chi connectivity index (χ0n) is 13.2. The molecule has 2 aromatic rings. The molecular weight excluding hydrogens is 312 g/mol. The summed E-state index contributed by atoms with van der Waals surface area (Å²) >= 11 is 1.43. The van der Waals surface area contributed by atoms with Gasteiger partial charge < -0.3 is 15.1 Å². The van der Waals surface area contributed by atoms with Crippen molar-refractivity contribution in [3.63, 3.8) is 0 Å². The van der Waals surface area contributed by atoms with Crippen LogP contribution in [0, 0.1) is 5.92 Å². The molecule has 2 aromatic heterocycles. The predicted octanol–water partition coefficient (Wildman–Crippen LogP) is 0.729. The van der Waals surface area contributed by atoms with Gasteiger partial charge in [-0.25, -0.2) is 15.0 Å². The minimum absolute atomic E-state index is 0.0709. The van der Waals surface area contributed by atoms with Gasteiger partial charge in [0.05, 0.1) is 11.6 Å². The second-order valence-electron chi connectivity index (χ2n) is 5.95. The maximum Gasteiger partial charge on any atom is 0.271 e. The van der Waals surface area contributed by atoms with Crippen LogP contribution in [0.5, 0.6) is 0 Å². The van der Waals surface area contributed by atoms with Crippen LogP contribution in [0.2, 0.25) is 0 Å². The SMILES string of the molecule is CN(C)C[C@@H]1CN(c2ccncn2)C[C@H]1NC(=O)c1cscn1. The van der Waals surface area contributed by atoms with E-state index in [4.69, 9.17) is 0 Å². The molecule has 8 heteroatoms. The van der Waals surface area contributed by atoms with E-state index >= 15 is 0 Å². The minimum atomic E-state index is -0.107. The highest BCUT2D eigenvalue weighted by Gasteiger charge is 2.35. The molecule has 1 saturated heterocycles. The molecule has 1 N–H and O–H groups in total. The third-order valence-electron chi connectivity index (χ3n) is 3.91. The van der Waals surface area contributed by atoms with Crippen LogP contribution in [0.3, 0.4) is 0 Å². The number of aromatic nitrogens is 3. The van der Waals surface area contributed by atoms with E-state index < -0.39 is 0 Å². The molecule has 0 spiro atoms. The van der Waals surface area contributed by atoms with Crippen molar-refractivity contribution in [1.29, 1.82) is 0 Å². The zero-order valence-corrected chi connectivity index (χ0v) is 14.0. The second kappa shape index (κ2) is 7.01. The molecule has 2 atom stereocenters. The van der Waals surface area contributed by atoms with Crippen molar-refractivity contribution >= 4 is 23.1 Å². The fraction of sp³-hybridized carbons (Fsp3) is 0.467. The number of hydrogen-bond acceptors (Lipinski definition) is 7. The summed E-state index contributed by atoms with van der Waals surface area (Å²) in [4.78, 5) is 29.0. The number of carbonyl (C=O) groups excluding carboxylic acids is 1. The smallest absolute Gasteiger partial charge is 0.271 e. The van der Waals surface area contributed by atoms with Gasteiger partial charge in [0.2, 0.25) is 0 Å². The van der Waals surface area contributed by atoms with Crippen LogP contribution < -0.4 is 10.2 Å². The van der Waals surface area contributed by atoms with E-state index in [-0.39, 0.29) is 11.9 Å². The number of anilines is 1. The first kappa shape index (κ1) is 15.8. The molecule has 122 valence electrons. The van der Waals surface area contributed by atoms with Gasteiger partial charge in [-0.1, -0.05) is 0 Å². The average molecular weight is 332 g/mol. The Morgan fingerprint density at radius 1 is 1.43 bits per heavy atom. The topological polar surface area (TPSA) is 74.2 Å². The second-order valence-corrected chi connectivity index (χ2v) is 6.67. The number of hydrogen-bond donors (Lipinski definition) is 1. The average Bonchev–Trinajstić information content (AvgIpc) is 3.18. The molecule has 0 bridgehead atoms. The largest absolute Gasteiger partial charge is 0.354 e. The zero-order chi connectivity index (χ0) is 16.2. The first-order chi connectivity index (χ1) is 11.1. The van der Waals surface area contributed by atoms with Gasteiger partial charge in [0, 0.05) is 37.1 Å². The van der Waals surface area contributed by atoms with Gasteiger partial charge in [-0.05, 0) is 20.2 Å². The Balaban J connectivity index is 1.72. The molecule has 3 rings (SSSR count). The summed E-state index contributed by atoms with van der Waals surface area (Å²) in [5, 5.41) is 4.90. The van der Waals surface area contributed by atoms with Gasteiger partial charge in [-0.3, -0.25) is 4.79 Å². The number of amides is 1. The fourth-order valence-electron chi connectivity index (χ4n) is 2.91. The summed E-state index contributed by atoms with van der Waals surface area (Å²) in [5.74, 6) is 1.13. The maximum atomic E-state index is 12.3. The Morgan fingerprint density at radius 3 is 2.96 bits per heavy atom. The van der Waals surface area contributed by atoms with Crippen molar-refractivity contribution in [2.45, 2.75) is 6.04 Å². The monoisotopic (exact) mass is 332 g/mol. The van der Waals surface area contributed by atoms with E-state index in [1.165, 1.54) is 11.3 Å². The normalized spacial score (nSPS) is 20.9. The molecule has 23 heavy (non-hydrogen) atoms. The number of nitrogens with one attached hydrogen (secondary N) is 1. The van der Waals surface area contributed by atoms with Crippen molar-refractivity contribution in [3.8, 4) is 0 Å². The Kier molecular flexibility index (Phi) is 4.82. The van der Waals surface area contributed by atoms with Gasteiger partial charge in [0.25, 0.3) is 5.91 Å². The number of carbonyl (C=O) groups is 1. The Morgan fingerprint density at radius 2 is 2.30 bits per heavy atom. The van der Waals surface area contributed by atoms with Crippen LogP contribution in [0.4, 0.5) is 5.82 Å². The van der Waals surface area contributed by atoms with Gasteiger partial charge >= 0.3 is 0 Å². The van der Waals surface area contributed by atoms with Crippen LogP contribution >= 0.6 is 11.3 Å². The molecule has 1 aliphatic heterocycles. The highest BCUT2D eigenvalue weighted by Crippen LogP contribution is 2.23. The summed E-state index contributed by atoms with van der Waals surface area (Å²) in [6, 6.07) is 1.97. The quantitative estimate of drug-likeness (QED) is 0.870. The van der Waals surface area contributed by atoms with Gasteiger partial charge in [-0.2, -0.15) is 0 Å². The molecule has 3 heterocycles. The standard InChI is InChI=1S/C15H20N6OS/c1-20(2)5-11-6-21(14-3-4-16-9-17-14)7-12(11)19-15(22)13-8-23-10-18-13/h3-4,8-12H,5-7H2,1-2H3,(H,19,22)/t11-,12-/m1/s1. The van der Waals surface area contributed by atoms with E-state index in [9.17, 15) is 4.79 Å². The highest BCUT2D eigenvalue weighted by atomic mass is 32.1. The summed E-state index contributed by atoms with van der Waals surface area (Å²) in [5.41, 5.74) is 2.16. The van der Waals surface area contributed by atoms with Crippen molar-refractivity contribution in [3.05, 3.63) is 35.2 Å². The Bertz CT molecular complexity index is 633. The van der Waals surface area contributed by atoms with E-state index in [1.807, 2.05) is 20.2 Å². The molecule has 1 fully saturated rings. The van der Waals surface area contributed by atoms with E-state index in [2.05, 4.69) is 30.1 Å². The van der Waals surface area contributed by atoms with Crippen LogP contribution in [-0.4, -0.2) is 65.5 Å². The van der Waals surface area contributed by atoms with E-state index in [1.54, 1.807) is 23.4 Å². The van der Waals surface area contributed by atoms with Crippen molar-refractivity contribution < 1.29 is 4.79 Å². The molecule has 0 aliphatic carbocycles. The summed E-state index contributed by atoms with van der Waals surface area (Å²) < 4.78 is 0. The molecule has 0 radical (unpaired) electrons. The first-order valence-electron chi connectivity index (χ1n) is 7.48. The van der Waals surface area contributed by atoms with Gasteiger partial charge in [0.15, 0.2) is 0 Å². The third-order valence-corrected chi connectivity index (χ3v) is 4.50. The lowest BCUT2D eigenvalue weighted by molar-refractivity contribution is 0.0923. The third kappa shape index (κ3) is 3.83. The number of nitrogens with zero attached hydrogens (tertiary/aromatic N) is 5. The number of thiazole rings is 1. The van der Waals surface area contributed by atoms with Crippen molar-refractivity contribution in [1.82, 2.24) is 25.2 Å². The lowest BCUT2D eigenvalue weighted by Crippen LogP contribution is -2.43. The van der Waals surface area contributed by atoms with Crippen molar-refractivity contribution in [2.75, 3.05) is 38.6 Å². The first-order valence-corrected chi connectivity index (χ1v) is 8.42. The predicted molar refractivity (Wildman–Crippen MR) is 89.7 cm³/mol. The lowest BCUT2D eigenvalue weighted by Gasteiger charge is -2.22. The summed E-state index contributed by atoms with van der Waals surface area (Å²) in [6.45, 7) is 2.51. The van der Waals surface area contributed by atoms with Crippen molar-refractivity contribution in [2.24, 2.45) is 5.92 Å². The molecule has 0 unspecified atom stereocenters. The van der Waals surface area contributed by atoms with E-state index in [0.29, 0.717) is 11.6 Å². The maximum absolute atomic E-state index is 12.3. The summed E-state index contributed by atoms with van der Waals surface area (Å²) in [7, 11) is 4.10.